The fraction of sp³-hybridized carbons (Fsp3) is 0.857. The van der Waals surface area contributed by atoms with Crippen LogP contribution in [0.3, 0.4) is 0 Å². The van der Waals surface area contributed by atoms with Gasteiger partial charge in [-0.2, -0.15) is 0 Å². The number of hydrogen-bond acceptors (Lipinski definition) is 2. The van der Waals surface area contributed by atoms with Gasteiger partial charge in [-0.1, -0.05) is 27.7 Å². The maximum atomic E-state index is 5.91. The molecule has 0 saturated carbocycles. The van der Waals surface area contributed by atoms with Gasteiger partial charge in [0.2, 0.25) is 0 Å². The average Bonchev–Trinajstić information content (AvgIpc) is 2.57. The fourth-order valence-electron chi connectivity index (χ4n) is 2.62. The smallest absolute Gasteiger partial charge is 0.148 e. The second-order valence-electron chi connectivity index (χ2n) is 6.70. The molecule has 0 fully saturated rings. The van der Waals surface area contributed by atoms with E-state index >= 15 is 0 Å². The van der Waals surface area contributed by atoms with E-state index in [1.54, 1.807) is 0 Å². The van der Waals surface area contributed by atoms with Crippen LogP contribution in [0.5, 0.6) is 0 Å². The van der Waals surface area contributed by atoms with Crippen LogP contribution in [0.2, 0.25) is 0 Å². The van der Waals surface area contributed by atoms with E-state index in [0.717, 1.165) is 18.1 Å². The molecule has 1 rings (SSSR count). The minimum atomic E-state index is 0.359. The zero-order chi connectivity index (χ0) is 13.9. The van der Waals surface area contributed by atoms with Crippen LogP contribution >= 0.6 is 11.6 Å². The van der Waals surface area contributed by atoms with Crippen molar-refractivity contribution >= 4 is 11.6 Å². The molecule has 0 saturated heterocycles. The highest BCUT2D eigenvalue weighted by Crippen LogP contribution is 2.26. The minimum absolute atomic E-state index is 0.359. The second-order valence-corrected chi connectivity index (χ2v) is 6.97. The third-order valence-electron chi connectivity index (χ3n) is 2.96. The van der Waals surface area contributed by atoms with Crippen molar-refractivity contribution in [3.8, 4) is 0 Å². The van der Waals surface area contributed by atoms with Gasteiger partial charge in [0.25, 0.3) is 0 Å². The molecule has 0 bridgehead atoms. The summed E-state index contributed by atoms with van der Waals surface area (Å²) in [5.41, 5.74) is 0.359. The first-order chi connectivity index (χ1) is 8.24. The van der Waals surface area contributed by atoms with Gasteiger partial charge in [-0.25, -0.2) is 0 Å². The van der Waals surface area contributed by atoms with Crippen LogP contribution in [0, 0.1) is 11.3 Å². The van der Waals surface area contributed by atoms with E-state index in [2.05, 4.69) is 56.3 Å². The standard InChI is InChI=1S/C14H26ClN3/c1-10(2)18-12(16-17-13(18)9-15)7-11(3)8-14(4,5)6/h10-11H,7-9H2,1-6H3. The zero-order valence-corrected chi connectivity index (χ0v) is 13.3. The molecule has 0 N–H and O–H groups in total. The first-order valence-corrected chi connectivity index (χ1v) is 7.26. The summed E-state index contributed by atoms with van der Waals surface area (Å²) in [6.45, 7) is 13.4. The minimum Gasteiger partial charge on any atom is -0.311 e. The fourth-order valence-corrected chi connectivity index (χ4v) is 2.80. The molecule has 0 aliphatic heterocycles. The number of aromatic nitrogens is 3. The van der Waals surface area contributed by atoms with Crippen LogP contribution in [0.25, 0.3) is 0 Å². The van der Waals surface area contributed by atoms with E-state index in [1.807, 2.05) is 0 Å². The van der Waals surface area contributed by atoms with Gasteiger partial charge >= 0.3 is 0 Å². The highest BCUT2D eigenvalue weighted by atomic mass is 35.5. The first kappa shape index (κ1) is 15.5. The van der Waals surface area contributed by atoms with Gasteiger partial charge in [0.15, 0.2) is 0 Å². The molecule has 4 heteroatoms. The molecule has 18 heavy (non-hydrogen) atoms. The highest BCUT2D eigenvalue weighted by molar-refractivity contribution is 6.16. The van der Waals surface area contributed by atoms with Crippen LogP contribution in [-0.4, -0.2) is 14.8 Å². The summed E-state index contributed by atoms with van der Waals surface area (Å²) in [6, 6.07) is 0.366. The van der Waals surface area contributed by atoms with Gasteiger partial charge in [-0.15, -0.1) is 21.8 Å². The van der Waals surface area contributed by atoms with Crippen molar-refractivity contribution in [3.05, 3.63) is 11.6 Å². The van der Waals surface area contributed by atoms with E-state index in [0.29, 0.717) is 23.3 Å². The molecular formula is C14H26ClN3. The summed E-state index contributed by atoms with van der Waals surface area (Å²) in [4.78, 5) is 0. The Morgan fingerprint density at radius 3 is 2.11 bits per heavy atom. The van der Waals surface area contributed by atoms with E-state index in [1.165, 1.54) is 6.42 Å². The van der Waals surface area contributed by atoms with Crippen molar-refractivity contribution in [1.82, 2.24) is 14.8 Å². The molecule has 0 aliphatic rings. The third kappa shape index (κ3) is 4.27. The summed E-state index contributed by atoms with van der Waals surface area (Å²) >= 11 is 5.91. The van der Waals surface area contributed by atoms with Crippen LogP contribution in [-0.2, 0) is 12.3 Å². The number of nitrogens with zero attached hydrogens (tertiary/aromatic N) is 3. The van der Waals surface area contributed by atoms with E-state index < -0.39 is 0 Å². The van der Waals surface area contributed by atoms with E-state index in [9.17, 15) is 0 Å². The Morgan fingerprint density at radius 2 is 1.67 bits per heavy atom. The van der Waals surface area contributed by atoms with Crippen LogP contribution in [0.1, 0.15) is 65.7 Å². The second kappa shape index (κ2) is 6.05. The van der Waals surface area contributed by atoms with Crippen molar-refractivity contribution in [2.24, 2.45) is 11.3 Å². The highest BCUT2D eigenvalue weighted by Gasteiger charge is 2.20. The molecule has 0 radical (unpaired) electrons. The number of hydrogen-bond donors (Lipinski definition) is 0. The van der Waals surface area contributed by atoms with Crippen LogP contribution in [0.4, 0.5) is 0 Å². The SMILES string of the molecule is CC(Cc1nnc(CCl)n1C(C)C)CC(C)(C)C. The van der Waals surface area contributed by atoms with E-state index in [4.69, 9.17) is 11.6 Å². The van der Waals surface area contributed by atoms with Crippen molar-refractivity contribution < 1.29 is 0 Å². The number of rotatable bonds is 5. The van der Waals surface area contributed by atoms with Gasteiger partial charge in [0.1, 0.15) is 11.6 Å². The maximum Gasteiger partial charge on any atom is 0.148 e. The maximum absolute atomic E-state index is 5.91. The molecule has 1 heterocycles. The molecule has 1 aromatic heterocycles. The Kier molecular flexibility index (Phi) is 5.20. The Hall–Kier alpha value is -0.570. The molecule has 1 unspecified atom stereocenters. The van der Waals surface area contributed by atoms with Crippen molar-refractivity contribution in [1.29, 1.82) is 0 Å². The average molecular weight is 272 g/mol. The van der Waals surface area contributed by atoms with Crippen LogP contribution < -0.4 is 0 Å². The zero-order valence-electron chi connectivity index (χ0n) is 12.5. The molecule has 0 spiro atoms. The molecule has 3 nitrogen and oxygen atoms in total. The lowest BCUT2D eigenvalue weighted by Gasteiger charge is -2.23. The third-order valence-corrected chi connectivity index (χ3v) is 3.20. The van der Waals surface area contributed by atoms with Gasteiger partial charge in [0, 0.05) is 12.5 Å². The summed E-state index contributed by atoms with van der Waals surface area (Å²) < 4.78 is 2.17. The largest absolute Gasteiger partial charge is 0.311 e. The molecule has 0 aliphatic carbocycles. The van der Waals surface area contributed by atoms with Gasteiger partial charge in [-0.05, 0) is 31.6 Å². The predicted octanol–water partition coefficient (Wildman–Crippen LogP) is 4.21. The Balaban J connectivity index is 2.81. The van der Waals surface area contributed by atoms with Gasteiger partial charge in [-0.3, -0.25) is 0 Å². The normalized spacial score (nSPS) is 14.2. The number of halogens is 1. The summed E-state index contributed by atoms with van der Waals surface area (Å²) in [7, 11) is 0. The molecule has 0 aromatic carbocycles. The summed E-state index contributed by atoms with van der Waals surface area (Å²) in [5, 5.41) is 8.49. The lowest BCUT2D eigenvalue weighted by Crippen LogP contribution is -2.16. The van der Waals surface area contributed by atoms with Gasteiger partial charge < -0.3 is 4.57 Å². The van der Waals surface area contributed by atoms with Crippen LogP contribution in [0.15, 0.2) is 0 Å². The molecule has 1 atom stereocenters. The van der Waals surface area contributed by atoms with Crippen molar-refractivity contribution in [2.75, 3.05) is 0 Å². The quantitative estimate of drug-likeness (QED) is 0.751. The summed E-state index contributed by atoms with van der Waals surface area (Å²) in [6.07, 6.45) is 2.16. The lowest BCUT2D eigenvalue weighted by atomic mass is 9.84. The predicted molar refractivity (Wildman–Crippen MR) is 76.9 cm³/mol. The molecule has 0 amide bonds. The number of alkyl halides is 1. The molecular weight excluding hydrogens is 246 g/mol. The van der Waals surface area contributed by atoms with Crippen molar-refractivity contribution in [2.45, 2.75) is 66.3 Å². The summed E-state index contributed by atoms with van der Waals surface area (Å²) in [5.74, 6) is 2.98. The Bertz CT molecular complexity index is 377. The lowest BCUT2D eigenvalue weighted by molar-refractivity contribution is 0.301. The topological polar surface area (TPSA) is 30.7 Å². The van der Waals surface area contributed by atoms with Gasteiger partial charge in [0.05, 0.1) is 5.88 Å². The Morgan fingerprint density at radius 1 is 1.11 bits per heavy atom. The first-order valence-electron chi connectivity index (χ1n) is 6.73. The monoisotopic (exact) mass is 271 g/mol. The Labute approximate surface area is 116 Å². The van der Waals surface area contributed by atoms with E-state index in [-0.39, 0.29) is 0 Å². The molecule has 104 valence electrons. The van der Waals surface area contributed by atoms with Crippen molar-refractivity contribution in [3.63, 3.8) is 0 Å². The molecule has 1 aromatic rings.